The van der Waals surface area contributed by atoms with Gasteiger partial charge in [-0.15, -0.1) is 0 Å². The molecular weight excluding hydrogens is 218 g/mol. The first-order chi connectivity index (χ1) is 7.97. The normalized spacial score (nSPS) is 13.5. The summed E-state index contributed by atoms with van der Waals surface area (Å²) in [4.78, 5) is 22.8. The van der Waals surface area contributed by atoms with E-state index in [-0.39, 0.29) is 5.78 Å². The number of Topliss-reactive ketones (excluding diaryl/α,β-unsaturated/α-hetero) is 1. The molecule has 0 bridgehead atoms. The zero-order valence-corrected chi connectivity index (χ0v) is 9.68. The van der Waals surface area contributed by atoms with Gasteiger partial charge in [0.25, 0.3) is 0 Å². The molecule has 2 atom stereocenters. The molecule has 0 heterocycles. The van der Waals surface area contributed by atoms with Gasteiger partial charge in [0.2, 0.25) is 0 Å². The molecule has 17 heavy (non-hydrogen) atoms. The minimum Gasteiger partial charge on any atom is -0.481 e. The van der Waals surface area contributed by atoms with Gasteiger partial charge < -0.3 is 5.11 Å². The van der Waals surface area contributed by atoms with E-state index < -0.39 is 17.8 Å². The molecule has 0 saturated carbocycles. The van der Waals surface area contributed by atoms with Gasteiger partial charge in [-0.25, -0.2) is 0 Å². The van der Waals surface area contributed by atoms with Crippen molar-refractivity contribution in [2.75, 3.05) is 0 Å². The second kappa shape index (κ2) is 5.26. The molecule has 4 nitrogen and oxygen atoms in total. The number of nitriles is 1. The molecule has 88 valence electrons. The Bertz CT molecular complexity index is 488. The van der Waals surface area contributed by atoms with Crippen LogP contribution in [0.15, 0.2) is 24.3 Å². The molecule has 0 aliphatic rings. The first-order valence-corrected chi connectivity index (χ1v) is 5.24. The van der Waals surface area contributed by atoms with Crippen LogP contribution in [-0.2, 0) is 4.79 Å². The topological polar surface area (TPSA) is 78.2 Å². The Morgan fingerprint density at radius 1 is 1.29 bits per heavy atom. The lowest BCUT2D eigenvalue weighted by molar-refractivity contribution is -0.142. The predicted molar refractivity (Wildman–Crippen MR) is 61.5 cm³/mol. The summed E-state index contributed by atoms with van der Waals surface area (Å²) in [6, 6.07) is 8.23. The van der Waals surface area contributed by atoms with Crippen LogP contribution in [0.1, 0.15) is 29.8 Å². The maximum Gasteiger partial charge on any atom is 0.306 e. The van der Waals surface area contributed by atoms with Gasteiger partial charge in [0.15, 0.2) is 5.78 Å². The van der Waals surface area contributed by atoms with Crippen LogP contribution in [0.3, 0.4) is 0 Å². The Balaban J connectivity index is 2.97. The second-order valence-corrected chi connectivity index (χ2v) is 3.97. The second-order valence-electron chi connectivity index (χ2n) is 3.97. The molecular formula is C13H13NO3. The Morgan fingerprint density at radius 3 is 2.47 bits per heavy atom. The number of rotatable bonds is 4. The number of ketones is 1. The number of carbonyl (C=O) groups excluding carboxylic acids is 1. The van der Waals surface area contributed by atoms with Crippen molar-refractivity contribution < 1.29 is 14.7 Å². The molecule has 0 radical (unpaired) electrons. The van der Waals surface area contributed by atoms with E-state index in [1.54, 1.807) is 25.1 Å². The van der Waals surface area contributed by atoms with Crippen molar-refractivity contribution in [2.45, 2.75) is 13.8 Å². The van der Waals surface area contributed by atoms with E-state index in [0.29, 0.717) is 11.1 Å². The number of hydrogen-bond donors (Lipinski definition) is 1. The Labute approximate surface area is 99.5 Å². The number of benzene rings is 1. The van der Waals surface area contributed by atoms with E-state index in [1.165, 1.54) is 13.0 Å². The summed E-state index contributed by atoms with van der Waals surface area (Å²) in [5.41, 5.74) is 0.774. The minimum atomic E-state index is -0.998. The Kier molecular flexibility index (Phi) is 4.00. The van der Waals surface area contributed by atoms with Crippen LogP contribution in [0.25, 0.3) is 0 Å². The number of carbonyl (C=O) groups is 2. The van der Waals surface area contributed by atoms with Gasteiger partial charge >= 0.3 is 5.97 Å². The summed E-state index contributed by atoms with van der Waals surface area (Å²) in [7, 11) is 0. The largest absolute Gasteiger partial charge is 0.481 e. The van der Waals surface area contributed by atoms with Gasteiger partial charge in [-0.3, -0.25) is 9.59 Å². The van der Waals surface area contributed by atoms with Crippen LogP contribution in [0.4, 0.5) is 0 Å². The highest BCUT2D eigenvalue weighted by Crippen LogP contribution is 2.18. The van der Waals surface area contributed by atoms with Crippen LogP contribution in [0.2, 0.25) is 0 Å². The van der Waals surface area contributed by atoms with E-state index in [2.05, 4.69) is 0 Å². The van der Waals surface area contributed by atoms with Crippen molar-refractivity contribution in [1.29, 1.82) is 5.26 Å². The molecule has 1 N–H and O–H groups in total. The van der Waals surface area contributed by atoms with Crippen LogP contribution in [0.5, 0.6) is 0 Å². The summed E-state index contributed by atoms with van der Waals surface area (Å²) in [5.74, 6) is -2.60. The third-order valence-corrected chi connectivity index (χ3v) is 2.83. The molecule has 2 unspecified atom stereocenters. The average molecular weight is 231 g/mol. The fourth-order valence-corrected chi connectivity index (χ4v) is 1.45. The molecule has 4 heteroatoms. The first kappa shape index (κ1) is 12.9. The van der Waals surface area contributed by atoms with Gasteiger partial charge in [0, 0.05) is 11.5 Å². The van der Waals surface area contributed by atoms with E-state index in [0.717, 1.165) is 0 Å². The van der Waals surface area contributed by atoms with E-state index in [4.69, 9.17) is 10.4 Å². The summed E-state index contributed by atoms with van der Waals surface area (Å²) in [5, 5.41) is 17.6. The maximum atomic E-state index is 12.0. The van der Waals surface area contributed by atoms with Crippen molar-refractivity contribution in [2.24, 2.45) is 11.8 Å². The summed E-state index contributed by atoms with van der Waals surface area (Å²) in [6.07, 6.45) is 0. The third kappa shape index (κ3) is 2.91. The standard InChI is InChI=1S/C13H13NO3/c1-8(9(2)13(16)17)12(15)11-5-3-4-10(6-11)7-14/h3-6,8-9H,1-2H3,(H,16,17). The molecule has 1 aromatic rings. The smallest absolute Gasteiger partial charge is 0.306 e. The van der Waals surface area contributed by atoms with Crippen molar-refractivity contribution in [3.63, 3.8) is 0 Å². The molecule has 0 fully saturated rings. The lowest BCUT2D eigenvalue weighted by Gasteiger charge is -2.14. The van der Waals surface area contributed by atoms with Crippen molar-refractivity contribution in [3.05, 3.63) is 35.4 Å². The van der Waals surface area contributed by atoms with Crippen molar-refractivity contribution >= 4 is 11.8 Å². The monoisotopic (exact) mass is 231 g/mol. The highest BCUT2D eigenvalue weighted by atomic mass is 16.4. The minimum absolute atomic E-state index is 0.253. The van der Waals surface area contributed by atoms with Crippen LogP contribution in [-0.4, -0.2) is 16.9 Å². The molecule has 0 aliphatic heterocycles. The van der Waals surface area contributed by atoms with Gasteiger partial charge in [0.1, 0.15) is 0 Å². The highest BCUT2D eigenvalue weighted by Gasteiger charge is 2.26. The zero-order chi connectivity index (χ0) is 13.0. The Morgan fingerprint density at radius 2 is 1.94 bits per heavy atom. The summed E-state index contributed by atoms with van der Waals surface area (Å²) in [6.45, 7) is 3.08. The fraction of sp³-hybridized carbons (Fsp3) is 0.308. The summed E-state index contributed by atoms with van der Waals surface area (Å²) >= 11 is 0. The number of nitrogens with zero attached hydrogens (tertiary/aromatic N) is 1. The Hall–Kier alpha value is -2.15. The highest BCUT2D eigenvalue weighted by molar-refractivity contribution is 5.99. The van der Waals surface area contributed by atoms with E-state index >= 15 is 0 Å². The average Bonchev–Trinajstić information content (AvgIpc) is 2.36. The number of carboxylic acid groups (broad SMARTS) is 1. The van der Waals surface area contributed by atoms with Crippen LogP contribution < -0.4 is 0 Å². The van der Waals surface area contributed by atoms with Gasteiger partial charge in [-0.2, -0.15) is 5.26 Å². The number of carboxylic acids is 1. The molecule has 0 saturated heterocycles. The van der Waals surface area contributed by atoms with Crippen LogP contribution >= 0.6 is 0 Å². The third-order valence-electron chi connectivity index (χ3n) is 2.83. The van der Waals surface area contributed by atoms with Gasteiger partial charge in [-0.05, 0) is 12.1 Å². The zero-order valence-electron chi connectivity index (χ0n) is 9.68. The van der Waals surface area contributed by atoms with Gasteiger partial charge in [0.05, 0.1) is 17.6 Å². The lowest BCUT2D eigenvalue weighted by Crippen LogP contribution is -2.25. The fourth-order valence-electron chi connectivity index (χ4n) is 1.45. The quantitative estimate of drug-likeness (QED) is 0.805. The molecule has 0 spiro atoms. The van der Waals surface area contributed by atoms with Crippen molar-refractivity contribution in [1.82, 2.24) is 0 Å². The number of aliphatic carboxylic acids is 1. The lowest BCUT2D eigenvalue weighted by atomic mass is 9.88. The van der Waals surface area contributed by atoms with Crippen molar-refractivity contribution in [3.8, 4) is 6.07 Å². The van der Waals surface area contributed by atoms with E-state index in [1.807, 2.05) is 6.07 Å². The SMILES string of the molecule is CC(C(=O)O)C(C)C(=O)c1cccc(C#N)c1. The molecule has 1 aromatic carbocycles. The molecule has 1 rings (SSSR count). The molecule has 0 aliphatic carbocycles. The van der Waals surface area contributed by atoms with Gasteiger partial charge in [-0.1, -0.05) is 26.0 Å². The summed E-state index contributed by atoms with van der Waals surface area (Å²) < 4.78 is 0. The molecule has 0 amide bonds. The molecule has 0 aromatic heterocycles. The first-order valence-electron chi connectivity index (χ1n) is 5.24. The maximum absolute atomic E-state index is 12.0. The van der Waals surface area contributed by atoms with Crippen LogP contribution in [0, 0.1) is 23.2 Å². The predicted octanol–water partition coefficient (Wildman–Crippen LogP) is 2.10. The number of hydrogen-bond acceptors (Lipinski definition) is 3. The van der Waals surface area contributed by atoms with E-state index in [9.17, 15) is 9.59 Å².